The summed E-state index contributed by atoms with van der Waals surface area (Å²) in [7, 11) is 5.82. The number of piperidine rings is 1. The van der Waals surface area contributed by atoms with E-state index in [2.05, 4.69) is 23.9 Å². The summed E-state index contributed by atoms with van der Waals surface area (Å²) in [6.07, 6.45) is 4.42. The predicted octanol–water partition coefficient (Wildman–Crippen LogP) is 0.966. The van der Waals surface area contributed by atoms with Gasteiger partial charge < -0.3 is 14.5 Å². The quantitative estimate of drug-likeness (QED) is 0.685. The van der Waals surface area contributed by atoms with E-state index in [1.165, 1.54) is 33.0 Å². The van der Waals surface area contributed by atoms with Gasteiger partial charge in [-0.15, -0.1) is 0 Å². The Morgan fingerprint density at radius 1 is 1.41 bits per heavy atom. The van der Waals surface area contributed by atoms with Crippen LogP contribution in [0.5, 0.6) is 0 Å². The van der Waals surface area contributed by atoms with E-state index in [1.54, 1.807) is 0 Å². The van der Waals surface area contributed by atoms with Gasteiger partial charge in [-0.05, 0) is 52.9 Å². The molecule has 98 valence electrons. The smallest absolute Gasteiger partial charge is 0.313 e. The lowest BCUT2D eigenvalue weighted by atomic mass is 10.0. The zero-order valence-corrected chi connectivity index (χ0v) is 11.2. The van der Waals surface area contributed by atoms with E-state index >= 15 is 0 Å². The van der Waals surface area contributed by atoms with Crippen molar-refractivity contribution in [2.24, 2.45) is 5.41 Å². The van der Waals surface area contributed by atoms with E-state index in [4.69, 9.17) is 4.74 Å². The van der Waals surface area contributed by atoms with E-state index in [-0.39, 0.29) is 11.4 Å². The van der Waals surface area contributed by atoms with Crippen molar-refractivity contribution in [3.05, 3.63) is 0 Å². The van der Waals surface area contributed by atoms with Crippen molar-refractivity contribution < 1.29 is 9.53 Å². The first kappa shape index (κ1) is 12.8. The summed E-state index contributed by atoms with van der Waals surface area (Å²) in [5.74, 6) is -0.0164. The van der Waals surface area contributed by atoms with E-state index in [0.717, 1.165) is 19.4 Å². The third-order valence-corrected chi connectivity index (χ3v) is 4.34. The third-order valence-electron chi connectivity index (χ3n) is 4.34. The summed E-state index contributed by atoms with van der Waals surface area (Å²) >= 11 is 0. The van der Waals surface area contributed by atoms with Gasteiger partial charge >= 0.3 is 5.97 Å². The normalized spacial score (nSPS) is 24.9. The highest BCUT2D eigenvalue weighted by Gasteiger charge is 2.52. The second-order valence-corrected chi connectivity index (χ2v) is 5.72. The molecule has 0 amide bonds. The Morgan fingerprint density at radius 3 is 2.47 bits per heavy atom. The zero-order chi connectivity index (χ0) is 12.5. The Kier molecular flexibility index (Phi) is 3.73. The molecule has 0 aromatic rings. The number of likely N-dealkylation sites (tertiary alicyclic amines) is 1. The van der Waals surface area contributed by atoms with Crippen LogP contribution < -0.4 is 0 Å². The fourth-order valence-electron chi connectivity index (χ4n) is 2.84. The van der Waals surface area contributed by atoms with Gasteiger partial charge in [-0.25, -0.2) is 0 Å². The van der Waals surface area contributed by atoms with Crippen LogP contribution in [-0.4, -0.2) is 62.7 Å². The van der Waals surface area contributed by atoms with Crippen molar-refractivity contribution in [1.29, 1.82) is 0 Å². The van der Waals surface area contributed by atoms with Gasteiger partial charge in [-0.2, -0.15) is 0 Å². The van der Waals surface area contributed by atoms with Crippen molar-refractivity contribution in [3.63, 3.8) is 0 Å². The van der Waals surface area contributed by atoms with Crippen LogP contribution in [0.2, 0.25) is 0 Å². The highest BCUT2D eigenvalue weighted by atomic mass is 16.5. The number of carbonyl (C=O) groups excluding carboxylic acids is 1. The lowest BCUT2D eigenvalue weighted by molar-refractivity contribution is -0.148. The Morgan fingerprint density at radius 2 is 2.00 bits per heavy atom. The molecule has 0 unspecified atom stereocenters. The SMILES string of the molecule is COC(=O)C1(CN(C)C2CCN(C)CC2)CC1. The molecule has 2 fully saturated rings. The summed E-state index contributed by atoms with van der Waals surface area (Å²) in [4.78, 5) is 16.5. The first-order valence-corrected chi connectivity index (χ1v) is 6.54. The van der Waals surface area contributed by atoms with Crippen molar-refractivity contribution in [3.8, 4) is 0 Å². The number of methoxy groups -OCH3 is 1. The Balaban J connectivity index is 1.85. The molecule has 0 atom stereocenters. The summed E-state index contributed by atoms with van der Waals surface area (Å²) in [5.41, 5.74) is -0.174. The maximum absolute atomic E-state index is 11.7. The summed E-state index contributed by atoms with van der Waals surface area (Å²) in [5, 5.41) is 0. The van der Waals surface area contributed by atoms with E-state index in [9.17, 15) is 4.79 Å². The molecule has 4 nitrogen and oxygen atoms in total. The van der Waals surface area contributed by atoms with Gasteiger partial charge in [-0.3, -0.25) is 4.79 Å². The number of nitrogens with zero attached hydrogens (tertiary/aromatic N) is 2. The number of rotatable bonds is 4. The molecule has 0 aromatic carbocycles. The third kappa shape index (κ3) is 2.80. The lowest BCUT2D eigenvalue weighted by Crippen LogP contribution is -2.45. The van der Waals surface area contributed by atoms with Crippen LogP contribution in [0.25, 0.3) is 0 Å². The fourth-order valence-corrected chi connectivity index (χ4v) is 2.84. The predicted molar refractivity (Wildman–Crippen MR) is 66.8 cm³/mol. The molecule has 0 aromatic heterocycles. The zero-order valence-electron chi connectivity index (χ0n) is 11.2. The topological polar surface area (TPSA) is 32.8 Å². The van der Waals surface area contributed by atoms with Crippen molar-refractivity contribution in [2.75, 3.05) is 40.8 Å². The molecule has 1 saturated carbocycles. The first-order chi connectivity index (χ1) is 8.07. The van der Waals surface area contributed by atoms with Gasteiger partial charge in [0.05, 0.1) is 12.5 Å². The van der Waals surface area contributed by atoms with Crippen LogP contribution in [-0.2, 0) is 9.53 Å². The van der Waals surface area contributed by atoms with Gasteiger partial charge in [0.15, 0.2) is 0 Å². The molecule has 1 heterocycles. The minimum Gasteiger partial charge on any atom is -0.469 e. The molecular weight excluding hydrogens is 216 g/mol. The summed E-state index contributed by atoms with van der Waals surface area (Å²) in [6, 6.07) is 0.633. The summed E-state index contributed by atoms with van der Waals surface area (Å²) < 4.78 is 4.91. The van der Waals surface area contributed by atoms with E-state index in [1.807, 2.05) is 0 Å². The molecular formula is C13H24N2O2. The number of esters is 1. The van der Waals surface area contributed by atoms with Gasteiger partial charge in [0.1, 0.15) is 0 Å². The molecule has 2 rings (SSSR count). The monoisotopic (exact) mass is 240 g/mol. The van der Waals surface area contributed by atoms with Crippen LogP contribution in [0.1, 0.15) is 25.7 Å². The van der Waals surface area contributed by atoms with E-state index < -0.39 is 0 Å². The van der Waals surface area contributed by atoms with Gasteiger partial charge in [0.2, 0.25) is 0 Å². The van der Waals surface area contributed by atoms with Gasteiger partial charge in [0.25, 0.3) is 0 Å². The molecule has 0 bridgehead atoms. The number of carbonyl (C=O) groups is 1. The average Bonchev–Trinajstić information content (AvgIpc) is 3.09. The molecule has 1 aliphatic heterocycles. The average molecular weight is 240 g/mol. The molecule has 1 saturated heterocycles. The maximum Gasteiger partial charge on any atom is 0.313 e. The summed E-state index contributed by atoms with van der Waals surface area (Å²) in [6.45, 7) is 3.20. The Bertz CT molecular complexity index is 281. The highest BCUT2D eigenvalue weighted by Crippen LogP contribution is 2.47. The molecule has 17 heavy (non-hydrogen) atoms. The lowest BCUT2D eigenvalue weighted by Gasteiger charge is -2.36. The minimum absolute atomic E-state index is 0.0164. The second kappa shape index (κ2) is 4.94. The number of ether oxygens (including phenoxy) is 1. The van der Waals surface area contributed by atoms with Crippen molar-refractivity contribution >= 4 is 5.97 Å². The van der Waals surface area contributed by atoms with Crippen LogP contribution in [0, 0.1) is 5.41 Å². The molecule has 4 heteroatoms. The van der Waals surface area contributed by atoms with Gasteiger partial charge in [0, 0.05) is 12.6 Å². The fraction of sp³-hybridized carbons (Fsp3) is 0.923. The molecule has 0 radical (unpaired) electrons. The minimum atomic E-state index is -0.174. The largest absolute Gasteiger partial charge is 0.469 e. The Hall–Kier alpha value is -0.610. The standard InChI is InChI=1S/C13H24N2O2/c1-14-8-4-11(5-9-14)15(2)10-13(6-7-13)12(16)17-3/h11H,4-10H2,1-3H3. The van der Waals surface area contributed by atoms with Crippen molar-refractivity contribution in [1.82, 2.24) is 9.80 Å². The maximum atomic E-state index is 11.7. The highest BCUT2D eigenvalue weighted by molar-refractivity contribution is 5.80. The second-order valence-electron chi connectivity index (χ2n) is 5.72. The van der Waals surface area contributed by atoms with Crippen LogP contribution in [0.3, 0.4) is 0 Å². The van der Waals surface area contributed by atoms with Crippen LogP contribution >= 0.6 is 0 Å². The van der Waals surface area contributed by atoms with Gasteiger partial charge in [-0.1, -0.05) is 0 Å². The first-order valence-electron chi connectivity index (χ1n) is 6.54. The molecule has 0 spiro atoms. The number of hydrogen-bond acceptors (Lipinski definition) is 4. The molecule has 0 N–H and O–H groups in total. The molecule has 1 aliphatic carbocycles. The number of hydrogen-bond donors (Lipinski definition) is 0. The van der Waals surface area contributed by atoms with Crippen LogP contribution in [0.15, 0.2) is 0 Å². The van der Waals surface area contributed by atoms with Crippen LogP contribution in [0.4, 0.5) is 0 Å². The van der Waals surface area contributed by atoms with Crippen molar-refractivity contribution in [2.45, 2.75) is 31.7 Å². The Labute approximate surface area is 104 Å². The van der Waals surface area contributed by atoms with E-state index in [0.29, 0.717) is 6.04 Å². The molecule has 2 aliphatic rings.